The van der Waals surface area contributed by atoms with Crippen LogP contribution in [0.25, 0.3) is 0 Å². The van der Waals surface area contributed by atoms with Gasteiger partial charge in [-0.25, -0.2) is 16.8 Å². The lowest BCUT2D eigenvalue weighted by Crippen LogP contribution is -2.26. The molecule has 3 rings (SSSR count). The van der Waals surface area contributed by atoms with E-state index in [1.807, 2.05) is 0 Å². The second-order valence-corrected chi connectivity index (χ2v) is 10.2. The summed E-state index contributed by atoms with van der Waals surface area (Å²) < 4.78 is 52.9. The van der Waals surface area contributed by atoms with Crippen LogP contribution in [0.2, 0.25) is 0 Å². The Morgan fingerprint density at radius 2 is 1.44 bits per heavy atom. The number of hydrogen-bond acceptors (Lipinski definition) is 6. The molecule has 0 aliphatic rings. The maximum absolute atomic E-state index is 12.7. The molecule has 32 heavy (non-hydrogen) atoms. The predicted molar refractivity (Wildman–Crippen MR) is 120 cm³/mol. The van der Waals surface area contributed by atoms with Gasteiger partial charge in [0.05, 0.1) is 22.6 Å². The van der Waals surface area contributed by atoms with Crippen molar-refractivity contribution in [3.8, 4) is 0 Å². The summed E-state index contributed by atoms with van der Waals surface area (Å²) in [7, 11) is -5.25. The topological polar surface area (TPSA) is 122 Å². The number of anilines is 2. The number of carbonyl (C=O) groups excluding carboxylic acids is 1. The number of benzene rings is 3. The zero-order chi connectivity index (χ0) is 23.4. The van der Waals surface area contributed by atoms with Crippen molar-refractivity contribution in [2.45, 2.75) is 9.79 Å². The number of hydrogen-bond donors (Lipinski definition) is 2. The molecule has 1 amide bonds. The van der Waals surface area contributed by atoms with Gasteiger partial charge in [-0.2, -0.15) is 0 Å². The first-order valence-corrected chi connectivity index (χ1v) is 12.2. The molecule has 0 aromatic heterocycles. The van der Waals surface area contributed by atoms with Crippen LogP contribution in [0.1, 0.15) is 10.4 Å². The number of rotatable bonds is 8. The average molecular weight is 476 g/mol. The highest BCUT2D eigenvalue weighted by molar-refractivity contribution is 7.92. The molecular formula is C21H21N3O6S2. The standard InChI is InChI=1S/C21H21N3O6S2/c1-24(30-2)32(28,29)20-13-6-8-16(14-20)21(25)22-17-9-7-10-18(15-17)23-31(26,27)19-11-4-3-5-12-19/h3-15,23H,1-2H3,(H,22,25). The number of amides is 1. The molecule has 168 valence electrons. The highest BCUT2D eigenvalue weighted by atomic mass is 32.2. The van der Waals surface area contributed by atoms with Gasteiger partial charge < -0.3 is 5.32 Å². The molecule has 0 saturated carbocycles. The first-order chi connectivity index (χ1) is 15.1. The Morgan fingerprint density at radius 1 is 0.812 bits per heavy atom. The van der Waals surface area contributed by atoms with Crippen LogP contribution in [0.4, 0.5) is 11.4 Å². The van der Waals surface area contributed by atoms with E-state index >= 15 is 0 Å². The molecular weight excluding hydrogens is 454 g/mol. The highest BCUT2D eigenvalue weighted by Crippen LogP contribution is 2.21. The van der Waals surface area contributed by atoms with Crippen molar-refractivity contribution in [1.82, 2.24) is 4.47 Å². The molecule has 2 N–H and O–H groups in total. The molecule has 3 aromatic rings. The molecule has 9 nitrogen and oxygen atoms in total. The first-order valence-electron chi connectivity index (χ1n) is 9.26. The van der Waals surface area contributed by atoms with E-state index in [1.54, 1.807) is 36.4 Å². The molecule has 0 saturated heterocycles. The van der Waals surface area contributed by atoms with E-state index in [0.29, 0.717) is 10.2 Å². The van der Waals surface area contributed by atoms with Crippen molar-refractivity contribution in [3.63, 3.8) is 0 Å². The minimum absolute atomic E-state index is 0.103. The van der Waals surface area contributed by atoms with E-state index in [1.165, 1.54) is 56.6 Å². The second-order valence-electron chi connectivity index (χ2n) is 6.58. The summed E-state index contributed by atoms with van der Waals surface area (Å²) in [4.78, 5) is 17.4. The zero-order valence-electron chi connectivity index (χ0n) is 17.2. The van der Waals surface area contributed by atoms with Crippen LogP contribution in [-0.4, -0.2) is 41.4 Å². The van der Waals surface area contributed by atoms with E-state index in [2.05, 4.69) is 10.0 Å². The Hall–Kier alpha value is -3.25. The van der Waals surface area contributed by atoms with Crippen LogP contribution < -0.4 is 10.0 Å². The van der Waals surface area contributed by atoms with E-state index in [9.17, 15) is 21.6 Å². The SMILES string of the molecule is CON(C)S(=O)(=O)c1cccc(C(=O)Nc2cccc(NS(=O)(=O)c3ccccc3)c2)c1. The summed E-state index contributed by atoms with van der Waals surface area (Å²) in [6.07, 6.45) is 0. The average Bonchev–Trinajstić information content (AvgIpc) is 2.79. The second kappa shape index (κ2) is 9.49. The molecule has 0 bridgehead atoms. The molecule has 0 unspecified atom stereocenters. The Balaban J connectivity index is 1.79. The summed E-state index contributed by atoms with van der Waals surface area (Å²) in [5.41, 5.74) is 0.682. The van der Waals surface area contributed by atoms with Gasteiger partial charge in [-0.15, -0.1) is 0 Å². The predicted octanol–water partition coefficient (Wildman–Crippen LogP) is 2.92. The van der Waals surface area contributed by atoms with Crippen LogP contribution in [0.3, 0.4) is 0 Å². The maximum Gasteiger partial charge on any atom is 0.264 e. The summed E-state index contributed by atoms with van der Waals surface area (Å²) in [5, 5.41) is 2.63. The number of carbonyl (C=O) groups is 1. The highest BCUT2D eigenvalue weighted by Gasteiger charge is 2.22. The minimum Gasteiger partial charge on any atom is -0.322 e. The Kier molecular flexibility index (Phi) is 6.94. The van der Waals surface area contributed by atoms with Crippen molar-refractivity contribution >= 4 is 37.3 Å². The lowest BCUT2D eigenvalue weighted by Gasteiger charge is -2.14. The van der Waals surface area contributed by atoms with Crippen molar-refractivity contribution < 1.29 is 26.5 Å². The van der Waals surface area contributed by atoms with Crippen LogP contribution in [0, 0.1) is 0 Å². The Bertz CT molecular complexity index is 1330. The Morgan fingerprint density at radius 3 is 2.12 bits per heavy atom. The van der Waals surface area contributed by atoms with Gasteiger partial charge in [-0.1, -0.05) is 34.8 Å². The number of hydroxylamine groups is 1. The van der Waals surface area contributed by atoms with Crippen molar-refractivity contribution in [1.29, 1.82) is 0 Å². The van der Waals surface area contributed by atoms with Gasteiger partial charge in [0.25, 0.3) is 26.0 Å². The molecule has 0 heterocycles. The summed E-state index contributed by atoms with van der Waals surface area (Å²) in [6, 6.07) is 19.5. The molecule has 0 atom stereocenters. The molecule has 0 aliphatic heterocycles. The third-order valence-electron chi connectivity index (χ3n) is 4.42. The van der Waals surface area contributed by atoms with Crippen molar-refractivity contribution in [2.24, 2.45) is 0 Å². The van der Waals surface area contributed by atoms with Crippen LogP contribution in [0.5, 0.6) is 0 Å². The van der Waals surface area contributed by atoms with E-state index in [0.717, 1.165) is 0 Å². The van der Waals surface area contributed by atoms with Crippen molar-refractivity contribution in [3.05, 3.63) is 84.4 Å². The zero-order valence-corrected chi connectivity index (χ0v) is 18.9. The number of nitrogens with zero attached hydrogens (tertiary/aromatic N) is 1. The van der Waals surface area contributed by atoms with Gasteiger partial charge in [0, 0.05) is 18.3 Å². The quantitative estimate of drug-likeness (QED) is 0.483. The van der Waals surface area contributed by atoms with E-state index < -0.39 is 26.0 Å². The van der Waals surface area contributed by atoms with Crippen LogP contribution in [0.15, 0.2) is 88.7 Å². The van der Waals surface area contributed by atoms with Crippen LogP contribution >= 0.6 is 0 Å². The fourth-order valence-corrected chi connectivity index (χ4v) is 4.81. The molecule has 0 spiro atoms. The molecule has 0 aliphatic carbocycles. The Labute approximate surface area is 186 Å². The van der Waals surface area contributed by atoms with Gasteiger partial charge in [0.15, 0.2) is 0 Å². The summed E-state index contributed by atoms with van der Waals surface area (Å²) >= 11 is 0. The van der Waals surface area contributed by atoms with Gasteiger partial charge in [-0.05, 0) is 48.5 Å². The van der Waals surface area contributed by atoms with Gasteiger partial charge in [0.1, 0.15) is 0 Å². The molecule has 3 aromatic carbocycles. The van der Waals surface area contributed by atoms with E-state index in [-0.39, 0.29) is 21.0 Å². The fourth-order valence-electron chi connectivity index (χ4n) is 2.72. The maximum atomic E-state index is 12.7. The lowest BCUT2D eigenvalue weighted by atomic mass is 10.2. The summed E-state index contributed by atoms with van der Waals surface area (Å²) in [6.45, 7) is 0. The molecule has 0 radical (unpaired) electrons. The molecule has 0 fully saturated rings. The van der Waals surface area contributed by atoms with Crippen LogP contribution in [-0.2, 0) is 24.9 Å². The third kappa shape index (κ3) is 5.32. The van der Waals surface area contributed by atoms with Gasteiger partial charge >= 0.3 is 0 Å². The van der Waals surface area contributed by atoms with Gasteiger partial charge in [0.2, 0.25) is 0 Å². The lowest BCUT2D eigenvalue weighted by molar-refractivity contribution is -0.0258. The summed E-state index contributed by atoms with van der Waals surface area (Å²) in [5.74, 6) is -0.565. The molecule has 11 heteroatoms. The number of sulfonamides is 2. The van der Waals surface area contributed by atoms with Crippen molar-refractivity contribution in [2.75, 3.05) is 24.2 Å². The van der Waals surface area contributed by atoms with Gasteiger partial charge in [-0.3, -0.25) is 14.4 Å². The smallest absolute Gasteiger partial charge is 0.264 e. The minimum atomic E-state index is -3.92. The normalized spacial score (nSPS) is 11.8. The first kappa shape index (κ1) is 23.4. The third-order valence-corrected chi connectivity index (χ3v) is 7.49. The van der Waals surface area contributed by atoms with E-state index in [4.69, 9.17) is 4.84 Å². The monoisotopic (exact) mass is 475 g/mol. The largest absolute Gasteiger partial charge is 0.322 e. The number of nitrogens with one attached hydrogen (secondary N) is 2. The fraction of sp³-hybridized carbons (Fsp3) is 0.0952.